The van der Waals surface area contributed by atoms with Crippen LogP contribution in [0.15, 0.2) is 30.5 Å². The summed E-state index contributed by atoms with van der Waals surface area (Å²) in [5, 5.41) is 18.9. The Bertz CT molecular complexity index is 443. The molecule has 0 unspecified atom stereocenters. The second-order valence-corrected chi connectivity index (χ2v) is 2.94. The summed E-state index contributed by atoms with van der Waals surface area (Å²) in [7, 11) is 1.52. The zero-order valence-electron chi connectivity index (χ0n) is 8.08. The van der Waals surface area contributed by atoms with E-state index in [4.69, 9.17) is 4.74 Å². The fourth-order valence-electron chi connectivity index (χ4n) is 1.31. The highest BCUT2D eigenvalue weighted by atomic mass is 16.5. The Labute approximate surface area is 86.2 Å². The maximum atomic E-state index is 9.46. The van der Waals surface area contributed by atoms with E-state index in [1.807, 2.05) is 0 Å². The molecule has 2 N–H and O–H groups in total. The average molecular weight is 206 g/mol. The molecule has 15 heavy (non-hydrogen) atoms. The molecule has 2 rings (SSSR count). The minimum absolute atomic E-state index is 0.0422. The van der Waals surface area contributed by atoms with Gasteiger partial charge in [0.25, 0.3) is 0 Å². The van der Waals surface area contributed by atoms with Gasteiger partial charge in [0.05, 0.1) is 19.0 Å². The van der Waals surface area contributed by atoms with Crippen LogP contribution in [0.25, 0.3) is 5.69 Å². The van der Waals surface area contributed by atoms with Crippen LogP contribution in [-0.2, 0) is 0 Å². The molecule has 0 bridgehead atoms. The van der Waals surface area contributed by atoms with E-state index >= 15 is 0 Å². The average Bonchev–Trinajstić information content (AvgIpc) is 2.59. The van der Waals surface area contributed by atoms with E-state index in [0.717, 1.165) is 0 Å². The van der Waals surface area contributed by atoms with Gasteiger partial charge in [-0.25, -0.2) is 4.98 Å². The highest BCUT2D eigenvalue weighted by Gasteiger charge is 2.08. The van der Waals surface area contributed by atoms with Crippen molar-refractivity contribution >= 4 is 0 Å². The van der Waals surface area contributed by atoms with Crippen LogP contribution in [0.4, 0.5) is 0 Å². The van der Waals surface area contributed by atoms with Crippen LogP contribution in [0, 0.1) is 0 Å². The van der Waals surface area contributed by atoms with E-state index in [-0.39, 0.29) is 11.8 Å². The SMILES string of the molecule is COc1ccc(-n2c(O)ccc2O)cn1. The van der Waals surface area contributed by atoms with E-state index in [1.54, 1.807) is 12.1 Å². The number of aromatic hydroxyl groups is 2. The lowest BCUT2D eigenvalue weighted by Crippen LogP contribution is -1.94. The first kappa shape index (κ1) is 9.39. The predicted octanol–water partition coefficient (Wildman–Crippen LogP) is 1.29. The normalized spacial score (nSPS) is 10.2. The summed E-state index contributed by atoms with van der Waals surface area (Å²) in [5.74, 6) is 0.392. The standard InChI is InChI=1S/C10H10N2O3/c1-15-8-3-2-7(6-11-8)12-9(13)4-5-10(12)14/h2-6,13-14H,1H3. The van der Waals surface area contributed by atoms with E-state index in [9.17, 15) is 10.2 Å². The van der Waals surface area contributed by atoms with Crippen LogP contribution >= 0.6 is 0 Å². The zero-order chi connectivity index (χ0) is 10.8. The number of ether oxygens (including phenoxy) is 1. The van der Waals surface area contributed by atoms with E-state index < -0.39 is 0 Å². The van der Waals surface area contributed by atoms with Gasteiger partial charge in [-0.3, -0.25) is 4.57 Å². The third kappa shape index (κ3) is 1.59. The molecule has 78 valence electrons. The van der Waals surface area contributed by atoms with Crippen molar-refractivity contribution in [3.05, 3.63) is 30.5 Å². The van der Waals surface area contributed by atoms with Gasteiger partial charge in [-0.15, -0.1) is 0 Å². The summed E-state index contributed by atoms with van der Waals surface area (Å²) < 4.78 is 6.17. The molecule has 2 heterocycles. The topological polar surface area (TPSA) is 67.5 Å². The van der Waals surface area contributed by atoms with Crippen LogP contribution in [0.1, 0.15) is 0 Å². The molecule has 0 amide bonds. The number of methoxy groups -OCH3 is 1. The van der Waals surface area contributed by atoms with Gasteiger partial charge in [0.15, 0.2) is 11.8 Å². The van der Waals surface area contributed by atoms with Gasteiger partial charge in [0.1, 0.15) is 0 Å². The fourth-order valence-corrected chi connectivity index (χ4v) is 1.31. The largest absolute Gasteiger partial charge is 0.494 e. The van der Waals surface area contributed by atoms with Crippen LogP contribution < -0.4 is 4.74 Å². The molecule has 2 aromatic heterocycles. The Morgan fingerprint density at radius 1 is 1.13 bits per heavy atom. The Hall–Kier alpha value is -2.17. The van der Waals surface area contributed by atoms with Gasteiger partial charge >= 0.3 is 0 Å². The molecule has 0 aromatic carbocycles. The van der Waals surface area contributed by atoms with E-state index in [1.165, 1.54) is 30.0 Å². The van der Waals surface area contributed by atoms with E-state index in [2.05, 4.69) is 4.98 Å². The van der Waals surface area contributed by atoms with Gasteiger partial charge in [-0.1, -0.05) is 0 Å². The predicted molar refractivity (Wildman–Crippen MR) is 53.4 cm³/mol. The third-order valence-corrected chi connectivity index (χ3v) is 2.03. The lowest BCUT2D eigenvalue weighted by atomic mass is 10.4. The Morgan fingerprint density at radius 3 is 2.27 bits per heavy atom. The lowest BCUT2D eigenvalue weighted by Gasteiger charge is -2.06. The van der Waals surface area contributed by atoms with Crippen LogP contribution in [-0.4, -0.2) is 26.9 Å². The van der Waals surface area contributed by atoms with E-state index in [0.29, 0.717) is 11.6 Å². The summed E-state index contributed by atoms with van der Waals surface area (Å²) in [4.78, 5) is 3.97. The molecule has 0 atom stereocenters. The molecule has 0 saturated heterocycles. The van der Waals surface area contributed by atoms with Crippen molar-refractivity contribution in [2.75, 3.05) is 7.11 Å². The Balaban J connectivity index is 2.45. The highest BCUT2D eigenvalue weighted by molar-refractivity contribution is 5.41. The van der Waals surface area contributed by atoms with Crippen molar-refractivity contribution in [3.8, 4) is 23.3 Å². The smallest absolute Gasteiger partial charge is 0.213 e. The highest BCUT2D eigenvalue weighted by Crippen LogP contribution is 2.26. The first-order valence-corrected chi connectivity index (χ1v) is 4.32. The number of hydrogen-bond donors (Lipinski definition) is 2. The minimum atomic E-state index is -0.0422. The molecule has 2 aromatic rings. The minimum Gasteiger partial charge on any atom is -0.494 e. The number of hydrogen-bond acceptors (Lipinski definition) is 4. The van der Waals surface area contributed by atoms with Crippen molar-refractivity contribution in [2.45, 2.75) is 0 Å². The van der Waals surface area contributed by atoms with Crippen molar-refractivity contribution in [1.29, 1.82) is 0 Å². The third-order valence-electron chi connectivity index (χ3n) is 2.03. The maximum Gasteiger partial charge on any atom is 0.213 e. The number of rotatable bonds is 2. The summed E-state index contributed by atoms with van der Waals surface area (Å²) >= 11 is 0. The molecule has 5 nitrogen and oxygen atoms in total. The molecule has 0 radical (unpaired) electrons. The van der Waals surface area contributed by atoms with Crippen molar-refractivity contribution in [3.63, 3.8) is 0 Å². The molecule has 5 heteroatoms. The molecule has 0 saturated carbocycles. The van der Waals surface area contributed by atoms with Crippen molar-refractivity contribution in [2.24, 2.45) is 0 Å². The van der Waals surface area contributed by atoms with Crippen molar-refractivity contribution in [1.82, 2.24) is 9.55 Å². The molecule has 0 spiro atoms. The summed E-state index contributed by atoms with van der Waals surface area (Å²) in [5.41, 5.74) is 0.566. The molecule has 0 aliphatic rings. The molecule has 0 fully saturated rings. The first-order valence-electron chi connectivity index (χ1n) is 4.32. The van der Waals surface area contributed by atoms with Gasteiger partial charge in [-0.2, -0.15) is 0 Å². The monoisotopic (exact) mass is 206 g/mol. The summed E-state index contributed by atoms with van der Waals surface area (Å²) in [6, 6.07) is 6.14. The lowest BCUT2D eigenvalue weighted by molar-refractivity contribution is 0.394. The summed E-state index contributed by atoms with van der Waals surface area (Å²) in [6.45, 7) is 0. The Kier molecular flexibility index (Phi) is 2.21. The zero-order valence-corrected chi connectivity index (χ0v) is 8.08. The first-order chi connectivity index (χ1) is 7.22. The molecule has 0 aliphatic carbocycles. The number of pyridine rings is 1. The van der Waals surface area contributed by atoms with Crippen LogP contribution in [0.5, 0.6) is 17.6 Å². The van der Waals surface area contributed by atoms with Crippen LogP contribution in [0.2, 0.25) is 0 Å². The molecular weight excluding hydrogens is 196 g/mol. The van der Waals surface area contributed by atoms with Gasteiger partial charge in [0, 0.05) is 18.2 Å². The van der Waals surface area contributed by atoms with Crippen LogP contribution in [0.3, 0.4) is 0 Å². The summed E-state index contributed by atoms with van der Waals surface area (Å²) in [6.07, 6.45) is 1.50. The van der Waals surface area contributed by atoms with Crippen molar-refractivity contribution < 1.29 is 14.9 Å². The fraction of sp³-hybridized carbons (Fsp3) is 0.100. The molecular formula is C10H10N2O3. The van der Waals surface area contributed by atoms with Gasteiger partial charge in [0.2, 0.25) is 5.88 Å². The second kappa shape index (κ2) is 3.53. The number of nitrogens with zero attached hydrogens (tertiary/aromatic N) is 2. The maximum absolute atomic E-state index is 9.46. The second-order valence-electron chi connectivity index (χ2n) is 2.94. The Morgan fingerprint density at radius 2 is 1.80 bits per heavy atom. The molecule has 0 aliphatic heterocycles. The number of aromatic nitrogens is 2. The quantitative estimate of drug-likeness (QED) is 0.777. The van der Waals surface area contributed by atoms with Gasteiger partial charge in [-0.05, 0) is 6.07 Å². The van der Waals surface area contributed by atoms with Gasteiger partial charge < -0.3 is 14.9 Å².